The van der Waals surface area contributed by atoms with Crippen LogP contribution in [0.1, 0.15) is 33.6 Å². The summed E-state index contributed by atoms with van der Waals surface area (Å²) < 4.78 is 12.3. The lowest BCUT2D eigenvalue weighted by molar-refractivity contribution is 0.0475. The second-order valence-electron chi connectivity index (χ2n) is 6.12. The van der Waals surface area contributed by atoms with Gasteiger partial charge in [-0.25, -0.2) is 0 Å². The summed E-state index contributed by atoms with van der Waals surface area (Å²) in [4.78, 5) is 26.4. The van der Waals surface area contributed by atoms with Crippen LogP contribution in [0.5, 0.6) is 11.5 Å². The number of hydrogen-bond donors (Lipinski definition) is 0. The standard InChI is InChI=1S/C19H16BrNO4/c20-12-3-5-13(6-4-12)25-14-7-8-16-17(10-14)19(23)21(18(16)22)11-15-2-1-9-24-15/h3-8,10,15H,1-2,9,11H2. The molecule has 25 heavy (non-hydrogen) atoms. The van der Waals surface area contributed by atoms with Crippen LogP contribution >= 0.6 is 15.9 Å². The van der Waals surface area contributed by atoms with Crippen molar-refractivity contribution in [3.05, 3.63) is 58.1 Å². The lowest BCUT2D eigenvalue weighted by Gasteiger charge is -2.17. The molecule has 0 aromatic heterocycles. The molecule has 2 aromatic carbocycles. The third-order valence-electron chi connectivity index (χ3n) is 4.40. The van der Waals surface area contributed by atoms with Gasteiger partial charge in [-0.2, -0.15) is 0 Å². The van der Waals surface area contributed by atoms with Crippen molar-refractivity contribution in [3.63, 3.8) is 0 Å². The van der Waals surface area contributed by atoms with Crippen molar-refractivity contribution in [2.24, 2.45) is 0 Å². The first-order chi connectivity index (χ1) is 12.1. The van der Waals surface area contributed by atoms with Crippen LogP contribution in [-0.4, -0.2) is 36.0 Å². The normalized spacial score (nSPS) is 19.4. The van der Waals surface area contributed by atoms with E-state index in [0.29, 0.717) is 35.8 Å². The SMILES string of the molecule is O=C1c2ccc(Oc3ccc(Br)cc3)cc2C(=O)N1CC1CCCO1. The molecule has 1 unspecified atom stereocenters. The summed E-state index contributed by atoms with van der Waals surface area (Å²) in [5.74, 6) is 0.653. The lowest BCUT2D eigenvalue weighted by atomic mass is 10.1. The zero-order chi connectivity index (χ0) is 17.4. The van der Waals surface area contributed by atoms with E-state index < -0.39 is 0 Å². The van der Waals surface area contributed by atoms with Crippen molar-refractivity contribution in [2.45, 2.75) is 18.9 Å². The molecule has 6 heteroatoms. The maximum Gasteiger partial charge on any atom is 0.261 e. The number of hydrogen-bond acceptors (Lipinski definition) is 4. The van der Waals surface area contributed by atoms with Crippen molar-refractivity contribution < 1.29 is 19.1 Å². The van der Waals surface area contributed by atoms with E-state index >= 15 is 0 Å². The van der Waals surface area contributed by atoms with Crippen molar-refractivity contribution >= 4 is 27.7 Å². The van der Waals surface area contributed by atoms with Crippen LogP contribution in [0, 0.1) is 0 Å². The molecule has 0 N–H and O–H groups in total. The van der Waals surface area contributed by atoms with Crippen LogP contribution in [0.2, 0.25) is 0 Å². The summed E-state index contributed by atoms with van der Waals surface area (Å²) in [5.41, 5.74) is 0.809. The van der Waals surface area contributed by atoms with Crippen molar-refractivity contribution in [2.75, 3.05) is 13.2 Å². The maximum absolute atomic E-state index is 12.6. The number of carbonyl (C=O) groups is 2. The molecule has 1 atom stereocenters. The Morgan fingerprint density at radius 3 is 2.48 bits per heavy atom. The highest BCUT2D eigenvalue weighted by atomic mass is 79.9. The second-order valence-corrected chi connectivity index (χ2v) is 7.03. The summed E-state index contributed by atoms with van der Waals surface area (Å²) in [7, 11) is 0. The largest absolute Gasteiger partial charge is 0.457 e. The fourth-order valence-electron chi connectivity index (χ4n) is 3.13. The average Bonchev–Trinajstić information content (AvgIpc) is 3.20. The zero-order valence-electron chi connectivity index (χ0n) is 13.4. The lowest BCUT2D eigenvalue weighted by Crippen LogP contribution is -2.36. The summed E-state index contributed by atoms with van der Waals surface area (Å²) in [6, 6.07) is 12.4. The molecule has 0 saturated carbocycles. The molecule has 4 rings (SSSR count). The average molecular weight is 402 g/mol. The van der Waals surface area contributed by atoms with Crippen LogP contribution in [0.4, 0.5) is 0 Å². The van der Waals surface area contributed by atoms with Crippen LogP contribution < -0.4 is 4.74 Å². The third kappa shape index (κ3) is 3.19. The van der Waals surface area contributed by atoms with Gasteiger partial charge in [-0.05, 0) is 55.3 Å². The minimum Gasteiger partial charge on any atom is -0.457 e. The van der Waals surface area contributed by atoms with Crippen molar-refractivity contribution in [1.29, 1.82) is 0 Å². The highest BCUT2D eigenvalue weighted by Gasteiger charge is 2.37. The molecule has 128 valence electrons. The molecule has 0 aliphatic carbocycles. The fourth-order valence-corrected chi connectivity index (χ4v) is 3.39. The number of imide groups is 1. The molecule has 0 radical (unpaired) electrons. The number of fused-ring (bicyclic) bond motifs is 1. The first-order valence-electron chi connectivity index (χ1n) is 8.17. The fraction of sp³-hybridized carbons (Fsp3) is 0.263. The van der Waals surface area contributed by atoms with Gasteiger partial charge in [0, 0.05) is 11.1 Å². The summed E-state index contributed by atoms with van der Waals surface area (Å²) in [6.07, 6.45) is 1.80. The Morgan fingerprint density at radius 2 is 1.76 bits per heavy atom. The van der Waals surface area contributed by atoms with Crippen LogP contribution in [0.15, 0.2) is 46.9 Å². The number of carbonyl (C=O) groups excluding carboxylic acids is 2. The number of rotatable bonds is 4. The van der Waals surface area contributed by atoms with Gasteiger partial charge >= 0.3 is 0 Å². The monoisotopic (exact) mass is 401 g/mol. The molecule has 5 nitrogen and oxygen atoms in total. The summed E-state index contributed by atoms with van der Waals surface area (Å²) >= 11 is 3.37. The van der Waals surface area contributed by atoms with Gasteiger partial charge < -0.3 is 9.47 Å². The van der Waals surface area contributed by atoms with E-state index in [-0.39, 0.29) is 17.9 Å². The smallest absolute Gasteiger partial charge is 0.261 e. The van der Waals surface area contributed by atoms with Crippen molar-refractivity contribution in [1.82, 2.24) is 4.90 Å². The Kier molecular flexibility index (Phi) is 4.31. The number of halogens is 1. The molecule has 0 bridgehead atoms. The Balaban J connectivity index is 1.55. The van der Waals surface area contributed by atoms with Gasteiger partial charge in [0.2, 0.25) is 0 Å². The quantitative estimate of drug-likeness (QED) is 0.726. The molecule has 2 aliphatic rings. The van der Waals surface area contributed by atoms with Gasteiger partial charge in [-0.15, -0.1) is 0 Å². The Labute approximate surface area is 153 Å². The minimum atomic E-state index is -0.281. The highest BCUT2D eigenvalue weighted by molar-refractivity contribution is 9.10. The van der Waals surface area contributed by atoms with E-state index in [1.807, 2.05) is 24.3 Å². The number of ether oxygens (including phenoxy) is 2. The van der Waals surface area contributed by atoms with Gasteiger partial charge in [0.15, 0.2) is 0 Å². The minimum absolute atomic E-state index is 0.0549. The van der Waals surface area contributed by atoms with Gasteiger partial charge in [0.25, 0.3) is 11.8 Å². The number of nitrogens with zero attached hydrogens (tertiary/aromatic N) is 1. The molecular formula is C19H16BrNO4. The Bertz CT molecular complexity index is 828. The predicted molar refractivity (Wildman–Crippen MR) is 95.0 cm³/mol. The van der Waals surface area contributed by atoms with E-state index in [1.165, 1.54) is 4.90 Å². The van der Waals surface area contributed by atoms with E-state index in [9.17, 15) is 9.59 Å². The van der Waals surface area contributed by atoms with E-state index in [2.05, 4.69) is 15.9 Å². The van der Waals surface area contributed by atoms with E-state index in [4.69, 9.17) is 9.47 Å². The Morgan fingerprint density at radius 1 is 1.04 bits per heavy atom. The predicted octanol–water partition coefficient (Wildman–Crippen LogP) is 4.02. The molecule has 2 aliphatic heterocycles. The highest BCUT2D eigenvalue weighted by Crippen LogP contribution is 2.30. The van der Waals surface area contributed by atoms with Crippen molar-refractivity contribution in [3.8, 4) is 11.5 Å². The van der Waals surface area contributed by atoms with Crippen LogP contribution in [0.25, 0.3) is 0 Å². The van der Waals surface area contributed by atoms with Gasteiger partial charge in [0.1, 0.15) is 11.5 Å². The number of amides is 2. The van der Waals surface area contributed by atoms with Gasteiger partial charge in [-0.1, -0.05) is 15.9 Å². The first kappa shape index (κ1) is 16.3. The van der Waals surface area contributed by atoms with Gasteiger partial charge in [0.05, 0.1) is 23.8 Å². The molecule has 2 heterocycles. The summed E-state index contributed by atoms with van der Waals surface area (Å²) in [6.45, 7) is 1.01. The summed E-state index contributed by atoms with van der Waals surface area (Å²) in [5, 5.41) is 0. The molecule has 1 saturated heterocycles. The maximum atomic E-state index is 12.6. The first-order valence-corrected chi connectivity index (χ1v) is 8.96. The zero-order valence-corrected chi connectivity index (χ0v) is 15.0. The Hall–Kier alpha value is -2.18. The molecule has 2 amide bonds. The van der Waals surface area contributed by atoms with Crippen LogP contribution in [-0.2, 0) is 4.74 Å². The van der Waals surface area contributed by atoms with Crippen LogP contribution in [0.3, 0.4) is 0 Å². The number of benzene rings is 2. The topological polar surface area (TPSA) is 55.8 Å². The second kappa shape index (κ2) is 6.61. The van der Waals surface area contributed by atoms with E-state index in [0.717, 1.165) is 17.3 Å². The molecule has 1 fully saturated rings. The molecule has 2 aromatic rings. The molecular weight excluding hydrogens is 386 g/mol. The van der Waals surface area contributed by atoms with E-state index in [1.54, 1.807) is 18.2 Å². The molecule has 0 spiro atoms. The van der Waals surface area contributed by atoms with Gasteiger partial charge in [-0.3, -0.25) is 14.5 Å². The third-order valence-corrected chi connectivity index (χ3v) is 4.93.